The van der Waals surface area contributed by atoms with Gasteiger partial charge in [-0.1, -0.05) is 6.07 Å². The lowest BCUT2D eigenvalue weighted by Gasteiger charge is -2.03. The number of hydrogen-bond donors (Lipinski definition) is 0. The average Bonchev–Trinajstić information content (AvgIpc) is 2.18. The first kappa shape index (κ1) is 10.1. The summed E-state index contributed by atoms with van der Waals surface area (Å²) in [7, 11) is 1.35. The quantitative estimate of drug-likeness (QED) is 0.605. The molecule has 0 unspecified atom stereocenters. The lowest BCUT2D eigenvalue weighted by Crippen LogP contribution is -2.01. The van der Waals surface area contributed by atoms with Crippen LogP contribution in [0, 0.1) is 0 Å². The lowest BCUT2D eigenvalue weighted by atomic mass is 10.2. The van der Waals surface area contributed by atoms with Crippen LogP contribution < -0.4 is 4.74 Å². The maximum absolute atomic E-state index is 11.1. The van der Waals surface area contributed by atoms with Gasteiger partial charge < -0.3 is 9.47 Å². The lowest BCUT2D eigenvalue weighted by molar-refractivity contribution is 0.0600. The summed E-state index contributed by atoms with van der Waals surface area (Å²) in [5.41, 5.74) is 0.887. The zero-order valence-corrected chi connectivity index (χ0v) is 8.71. The van der Waals surface area contributed by atoms with Crippen LogP contribution in [0.1, 0.15) is 10.4 Å². The molecule has 0 aliphatic carbocycles. The first-order chi connectivity index (χ1) is 6.27. The largest absolute Gasteiger partial charge is 0.482 e. The SMILES string of the molecule is COC(=O)c1cccc(OCBr)c1. The number of carbonyl (C=O) groups excluding carboxylic acids is 1. The molecule has 3 nitrogen and oxygen atoms in total. The van der Waals surface area contributed by atoms with Gasteiger partial charge in [-0.25, -0.2) is 4.79 Å². The predicted molar refractivity (Wildman–Crippen MR) is 52.2 cm³/mol. The van der Waals surface area contributed by atoms with Crippen molar-refractivity contribution in [2.24, 2.45) is 0 Å². The van der Waals surface area contributed by atoms with Crippen molar-refractivity contribution in [3.05, 3.63) is 29.8 Å². The van der Waals surface area contributed by atoms with E-state index in [9.17, 15) is 4.79 Å². The summed E-state index contributed by atoms with van der Waals surface area (Å²) in [4.78, 5) is 11.1. The molecule has 70 valence electrons. The predicted octanol–water partition coefficient (Wildman–Crippen LogP) is 2.20. The van der Waals surface area contributed by atoms with Crippen LogP contribution >= 0.6 is 15.9 Å². The van der Waals surface area contributed by atoms with Gasteiger partial charge in [-0.05, 0) is 34.1 Å². The Labute approximate surface area is 84.8 Å². The molecule has 0 N–H and O–H groups in total. The second-order valence-electron chi connectivity index (χ2n) is 2.27. The molecule has 0 bridgehead atoms. The maximum atomic E-state index is 11.1. The van der Waals surface area contributed by atoms with Gasteiger partial charge in [0, 0.05) is 0 Å². The van der Waals surface area contributed by atoms with E-state index in [0.717, 1.165) is 0 Å². The Morgan fingerprint density at radius 1 is 1.54 bits per heavy atom. The second-order valence-corrected chi connectivity index (χ2v) is 2.73. The van der Waals surface area contributed by atoms with E-state index in [0.29, 0.717) is 16.8 Å². The molecule has 0 spiro atoms. The number of carbonyl (C=O) groups is 1. The van der Waals surface area contributed by atoms with Crippen LogP contribution in [0.15, 0.2) is 24.3 Å². The van der Waals surface area contributed by atoms with Crippen molar-refractivity contribution in [3.8, 4) is 5.75 Å². The van der Waals surface area contributed by atoms with Crippen molar-refractivity contribution in [1.82, 2.24) is 0 Å². The molecule has 1 aromatic carbocycles. The van der Waals surface area contributed by atoms with Crippen LogP contribution in [0.3, 0.4) is 0 Å². The van der Waals surface area contributed by atoms with Crippen LogP contribution in [0.4, 0.5) is 0 Å². The number of rotatable bonds is 3. The third kappa shape index (κ3) is 2.73. The smallest absolute Gasteiger partial charge is 0.337 e. The number of esters is 1. The number of ether oxygens (including phenoxy) is 2. The Morgan fingerprint density at radius 2 is 2.31 bits per heavy atom. The van der Waals surface area contributed by atoms with Gasteiger partial charge >= 0.3 is 5.97 Å². The Bertz CT molecular complexity index is 299. The van der Waals surface area contributed by atoms with Gasteiger partial charge in [-0.3, -0.25) is 0 Å². The van der Waals surface area contributed by atoms with Crippen molar-refractivity contribution >= 4 is 21.9 Å². The number of benzene rings is 1. The van der Waals surface area contributed by atoms with E-state index in [1.165, 1.54) is 7.11 Å². The Morgan fingerprint density at radius 3 is 2.92 bits per heavy atom. The third-order valence-corrected chi connectivity index (χ3v) is 1.71. The summed E-state index contributed by atoms with van der Waals surface area (Å²) in [6.45, 7) is 0. The van der Waals surface area contributed by atoms with Gasteiger partial charge in [-0.2, -0.15) is 0 Å². The van der Waals surface area contributed by atoms with Crippen molar-refractivity contribution in [2.45, 2.75) is 0 Å². The van der Waals surface area contributed by atoms with Gasteiger partial charge in [0.25, 0.3) is 0 Å². The molecule has 1 aromatic rings. The molecule has 0 saturated heterocycles. The fourth-order valence-electron chi connectivity index (χ4n) is 0.894. The average molecular weight is 245 g/mol. The van der Waals surface area contributed by atoms with Crippen molar-refractivity contribution < 1.29 is 14.3 Å². The summed E-state index contributed by atoms with van der Waals surface area (Å²) in [5, 5.41) is 0. The molecule has 13 heavy (non-hydrogen) atoms. The van der Waals surface area contributed by atoms with E-state index in [-0.39, 0.29) is 5.97 Å². The van der Waals surface area contributed by atoms with Crippen molar-refractivity contribution in [3.63, 3.8) is 0 Å². The number of alkyl halides is 1. The molecule has 0 aliphatic rings. The van der Waals surface area contributed by atoms with E-state index in [4.69, 9.17) is 4.74 Å². The van der Waals surface area contributed by atoms with Crippen LogP contribution in [-0.4, -0.2) is 18.6 Å². The first-order valence-corrected chi connectivity index (χ1v) is 4.77. The van der Waals surface area contributed by atoms with Gasteiger partial charge in [0.2, 0.25) is 0 Å². The van der Waals surface area contributed by atoms with E-state index in [1.807, 2.05) is 0 Å². The van der Waals surface area contributed by atoms with Gasteiger partial charge in [0.1, 0.15) is 11.3 Å². The van der Waals surface area contributed by atoms with Gasteiger partial charge in [0.05, 0.1) is 12.7 Å². The highest BCUT2D eigenvalue weighted by Gasteiger charge is 2.05. The Hall–Kier alpha value is -1.03. The van der Waals surface area contributed by atoms with Crippen LogP contribution in [0.25, 0.3) is 0 Å². The van der Waals surface area contributed by atoms with Crippen LogP contribution in [-0.2, 0) is 4.74 Å². The number of halogens is 1. The second kappa shape index (κ2) is 4.87. The molecule has 0 fully saturated rings. The molecule has 4 heteroatoms. The molecule has 0 heterocycles. The van der Waals surface area contributed by atoms with Crippen LogP contribution in [0.5, 0.6) is 5.75 Å². The van der Waals surface area contributed by atoms with Gasteiger partial charge in [0.15, 0.2) is 0 Å². The monoisotopic (exact) mass is 244 g/mol. The van der Waals surface area contributed by atoms with E-state index in [2.05, 4.69) is 20.7 Å². The standard InChI is InChI=1S/C9H9BrO3/c1-12-9(11)7-3-2-4-8(5-7)13-6-10/h2-5H,6H2,1H3. The molecule has 1 rings (SSSR count). The van der Waals surface area contributed by atoms with Gasteiger partial charge in [-0.15, -0.1) is 0 Å². The Balaban J connectivity index is 2.85. The normalized spacial score (nSPS) is 9.38. The Kier molecular flexibility index (Phi) is 3.76. The summed E-state index contributed by atoms with van der Waals surface area (Å²) >= 11 is 3.13. The molecule has 0 saturated carbocycles. The molecule has 0 atom stereocenters. The summed E-state index contributed by atoms with van der Waals surface area (Å²) < 4.78 is 9.71. The first-order valence-electron chi connectivity index (χ1n) is 3.65. The molecular weight excluding hydrogens is 236 g/mol. The minimum atomic E-state index is -0.361. The van der Waals surface area contributed by atoms with E-state index < -0.39 is 0 Å². The molecule has 0 aromatic heterocycles. The molecule has 0 radical (unpaired) electrons. The minimum Gasteiger partial charge on any atom is -0.482 e. The topological polar surface area (TPSA) is 35.5 Å². The number of hydrogen-bond acceptors (Lipinski definition) is 3. The van der Waals surface area contributed by atoms with E-state index in [1.54, 1.807) is 24.3 Å². The molecule has 0 aliphatic heterocycles. The maximum Gasteiger partial charge on any atom is 0.337 e. The summed E-state index contributed by atoms with van der Waals surface area (Å²) in [6.07, 6.45) is 0. The fourth-order valence-corrected chi connectivity index (χ4v) is 1.16. The molecular formula is C9H9BrO3. The highest BCUT2D eigenvalue weighted by molar-refractivity contribution is 9.09. The number of methoxy groups -OCH3 is 1. The summed E-state index contributed by atoms with van der Waals surface area (Å²) in [6, 6.07) is 6.82. The van der Waals surface area contributed by atoms with Crippen molar-refractivity contribution in [1.29, 1.82) is 0 Å². The third-order valence-electron chi connectivity index (χ3n) is 1.48. The highest BCUT2D eigenvalue weighted by atomic mass is 79.9. The minimum absolute atomic E-state index is 0.361. The summed E-state index contributed by atoms with van der Waals surface area (Å²) in [5.74, 6) is 0.278. The zero-order valence-electron chi connectivity index (χ0n) is 7.12. The zero-order chi connectivity index (χ0) is 9.68. The molecule has 0 amide bonds. The fraction of sp³-hybridized carbons (Fsp3) is 0.222. The highest BCUT2D eigenvalue weighted by Crippen LogP contribution is 2.14. The van der Waals surface area contributed by atoms with E-state index >= 15 is 0 Å². The van der Waals surface area contributed by atoms with Crippen molar-refractivity contribution in [2.75, 3.05) is 12.6 Å². The van der Waals surface area contributed by atoms with Crippen LogP contribution in [0.2, 0.25) is 0 Å².